The number of hydrogen-bond donors (Lipinski definition) is 0. The van der Waals surface area contributed by atoms with E-state index in [0.29, 0.717) is 0 Å². The van der Waals surface area contributed by atoms with Gasteiger partial charge in [-0.15, -0.1) is 0 Å². The second-order valence-corrected chi connectivity index (χ2v) is 3.74. The van der Waals surface area contributed by atoms with Gasteiger partial charge in [0.05, 0.1) is 33.3 Å². The van der Waals surface area contributed by atoms with E-state index in [-0.39, 0.29) is 19.4 Å². The first-order valence-electron chi connectivity index (χ1n) is 5.67. The maximum absolute atomic E-state index is 11.8. The van der Waals surface area contributed by atoms with Crippen LogP contribution in [0.25, 0.3) is 0 Å². The van der Waals surface area contributed by atoms with Crippen LogP contribution >= 0.6 is 0 Å². The third-order valence-electron chi connectivity index (χ3n) is 2.54. The number of hydrogen-bond acceptors (Lipinski definition) is 7. The minimum absolute atomic E-state index is 0.0711. The van der Waals surface area contributed by atoms with Crippen LogP contribution in [0.4, 0.5) is 0 Å². The number of nitriles is 1. The van der Waals surface area contributed by atoms with E-state index in [2.05, 4.69) is 9.47 Å². The Kier molecular flexibility index (Phi) is 7.19. The Balaban J connectivity index is 5.06. The molecule has 0 heterocycles. The average molecular weight is 271 g/mol. The second kappa shape index (κ2) is 8.08. The molecule has 0 aromatic rings. The van der Waals surface area contributed by atoms with Gasteiger partial charge in [-0.2, -0.15) is 5.26 Å². The zero-order chi connectivity index (χ0) is 14.9. The van der Waals surface area contributed by atoms with Crippen molar-refractivity contribution in [2.45, 2.75) is 26.2 Å². The Labute approximate surface area is 111 Å². The SMILES string of the molecule is CCOC(=O)C(C#N)(CCC(=O)OC)CC(=O)OC. The van der Waals surface area contributed by atoms with Crippen molar-refractivity contribution in [3.05, 3.63) is 0 Å². The highest BCUT2D eigenvalue weighted by atomic mass is 16.5. The lowest BCUT2D eigenvalue weighted by Crippen LogP contribution is -2.35. The number of ether oxygens (including phenoxy) is 3. The Morgan fingerprint density at radius 3 is 2.16 bits per heavy atom. The summed E-state index contributed by atoms with van der Waals surface area (Å²) in [4.78, 5) is 34.3. The van der Waals surface area contributed by atoms with Crippen molar-refractivity contribution in [2.75, 3.05) is 20.8 Å². The van der Waals surface area contributed by atoms with Crippen LogP contribution in [0.3, 0.4) is 0 Å². The minimum Gasteiger partial charge on any atom is -0.469 e. The summed E-state index contributed by atoms with van der Waals surface area (Å²) in [5.74, 6) is -2.14. The molecular weight excluding hydrogens is 254 g/mol. The highest BCUT2D eigenvalue weighted by Gasteiger charge is 2.43. The molecule has 7 heteroatoms. The van der Waals surface area contributed by atoms with Gasteiger partial charge in [0.2, 0.25) is 0 Å². The van der Waals surface area contributed by atoms with E-state index in [9.17, 15) is 19.6 Å². The molecule has 0 saturated carbocycles. The summed E-state index contributed by atoms with van der Waals surface area (Å²) in [6.45, 7) is 1.65. The molecule has 19 heavy (non-hydrogen) atoms. The quantitative estimate of drug-likeness (QED) is 0.492. The van der Waals surface area contributed by atoms with Crippen molar-refractivity contribution in [3.63, 3.8) is 0 Å². The second-order valence-electron chi connectivity index (χ2n) is 3.74. The van der Waals surface area contributed by atoms with Crippen molar-refractivity contribution >= 4 is 17.9 Å². The van der Waals surface area contributed by atoms with E-state index in [4.69, 9.17) is 4.74 Å². The molecule has 1 unspecified atom stereocenters. The first-order valence-corrected chi connectivity index (χ1v) is 5.67. The van der Waals surface area contributed by atoms with Crippen molar-refractivity contribution < 1.29 is 28.6 Å². The van der Waals surface area contributed by atoms with Gasteiger partial charge in [0.25, 0.3) is 0 Å². The fourth-order valence-electron chi connectivity index (χ4n) is 1.41. The molecule has 0 aliphatic rings. The molecule has 0 fully saturated rings. The topological polar surface area (TPSA) is 103 Å². The van der Waals surface area contributed by atoms with Crippen molar-refractivity contribution in [1.82, 2.24) is 0 Å². The fraction of sp³-hybridized carbons (Fsp3) is 0.667. The Bertz CT molecular complexity index is 386. The van der Waals surface area contributed by atoms with E-state index in [1.54, 1.807) is 13.0 Å². The predicted molar refractivity (Wildman–Crippen MR) is 62.6 cm³/mol. The van der Waals surface area contributed by atoms with Gasteiger partial charge in [0.1, 0.15) is 0 Å². The summed E-state index contributed by atoms with van der Waals surface area (Å²) in [7, 11) is 2.34. The van der Waals surface area contributed by atoms with Crippen LogP contribution in [0, 0.1) is 16.7 Å². The number of carbonyl (C=O) groups is 3. The molecule has 0 aromatic carbocycles. The highest BCUT2D eigenvalue weighted by Crippen LogP contribution is 2.30. The Morgan fingerprint density at radius 1 is 1.16 bits per heavy atom. The first kappa shape index (κ1) is 16.9. The molecule has 0 rings (SSSR count). The van der Waals surface area contributed by atoms with Gasteiger partial charge in [-0.3, -0.25) is 14.4 Å². The first-order chi connectivity index (χ1) is 8.95. The molecule has 0 spiro atoms. The monoisotopic (exact) mass is 271 g/mol. The zero-order valence-electron chi connectivity index (χ0n) is 11.2. The molecule has 0 bridgehead atoms. The normalized spacial score (nSPS) is 12.7. The summed E-state index contributed by atoms with van der Waals surface area (Å²) >= 11 is 0. The van der Waals surface area contributed by atoms with Gasteiger partial charge in [-0.1, -0.05) is 0 Å². The number of methoxy groups -OCH3 is 2. The molecule has 0 radical (unpaired) electrons. The van der Waals surface area contributed by atoms with Gasteiger partial charge >= 0.3 is 17.9 Å². The van der Waals surface area contributed by atoms with E-state index in [0.717, 1.165) is 7.11 Å². The molecule has 0 saturated heterocycles. The molecule has 1 atom stereocenters. The molecule has 0 amide bonds. The molecule has 106 valence electrons. The molecule has 0 aliphatic heterocycles. The largest absolute Gasteiger partial charge is 0.469 e. The summed E-state index contributed by atoms with van der Waals surface area (Å²) in [5, 5.41) is 9.19. The fourth-order valence-corrected chi connectivity index (χ4v) is 1.41. The number of esters is 3. The predicted octanol–water partition coefficient (Wildman–Crippen LogP) is 0.576. The average Bonchev–Trinajstić information content (AvgIpc) is 2.42. The van der Waals surface area contributed by atoms with E-state index < -0.39 is 29.7 Å². The van der Waals surface area contributed by atoms with Gasteiger partial charge in [0, 0.05) is 6.42 Å². The lowest BCUT2D eigenvalue weighted by molar-refractivity contribution is -0.159. The zero-order valence-corrected chi connectivity index (χ0v) is 11.2. The lowest BCUT2D eigenvalue weighted by atomic mass is 9.81. The Hall–Kier alpha value is -2.10. The number of carbonyl (C=O) groups excluding carboxylic acids is 3. The Morgan fingerprint density at radius 2 is 1.74 bits per heavy atom. The maximum atomic E-state index is 11.8. The highest BCUT2D eigenvalue weighted by molar-refractivity contribution is 5.86. The van der Waals surface area contributed by atoms with E-state index >= 15 is 0 Å². The number of rotatable bonds is 7. The van der Waals surface area contributed by atoms with Crippen LogP contribution in [0.15, 0.2) is 0 Å². The molecule has 0 aliphatic carbocycles. The van der Waals surface area contributed by atoms with Crippen molar-refractivity contribution in [2.24, 2.45) is 5.41 Å². The summed E-state index contributed by atoms with van der Waals surface area (Å²) in [6.07, 6.45) is -0.792. The van der Waals surface area contributed by atoms with Crippen LogP contribution in [0.1, 0.15) is 26.2 Å². The summed E-state index contributed by atoms with van der Waals surface area (Å²) in [6, 6.07) is 1.76. The summed E-state index contributed by atoms with van der Waals surface area (Å²) in [5.41, 5.74) is -1.72. The standard InChI is InChI=1S/C12H17NO6/c1-4-19-11(16)12(8-13,7-10(15)18-3)6-5-9(14)17-2/h4-7H2,1-3H3. The summed E-state index contributed by atoms with van der Waals surface area (Å²) < 4.78 is 13.7. The molecule has 0 N–H and O–H groups in total. The third kappa shape index (κ3) is 4.95. The van der Waals surface area contributed by atoms with Crippen LogP contribution < -0.4 is 0 Å². The van der Waals surface area contributed by atoms with Gasteiger partial charge in [-0.25, -0.2) is 0 Å². The van der Waals surface area contributed by atoms with Gasteiger partial charge in [-0.05, 0) is 13.3 Å². The van der Waals surface area contributed by atoms with E-state index in [1.807, 2.05) is 0 Å². The minimum atomic E-state index is -1.72. The van der Waals surface area contributed by atoms with E-state index in [1.165, 1.54) is 7.11 Å². The van der Waals surface area contributed by atoms with Gasteiger partial charge < -0.3 is 14.2 Å². The van der Waals surface area contributed by atoms with Crippen LogP contribution in [0.5, 0.6) is 0 Å². The number of nitrogens with zero attached hydrogens (tertiary/aromatic N) is 1. The van der Waals surface area contributed by atoms with Crippen molar-refractivity contribution in [3.8, 4) is 6.07 Å². The van der Waals surface area contributed by atoms with Gasteiger partial charge in [0.15, 0.2) is 5.41 Å². The van der Waals surface area contributed by atoms with Crippen LogP contribution in [0.2, 0.25) is 0 Å². The maximum Gasteiger partial charge on any atom is 0.327 e. The molecule has 0 aromatic heterocycles. The van der Waals surface area contributed by atoms with Crippen LogP contribution in [-0.4, -0.2) is 38.7 Å². The molecular formula is C12H17NO6. The lowest BCUT2D eigenvalue weighted by Gasteiger charge is -2.22. The molecule has 7 nitrogen and oxygen atoms in total. The van der Waals surface area contributed by atoms with Crippen molar-refractivity contribution in [1.29, 1.82) is 5.26 Å². The smallest absolute Gasteiger partial charge is 0.327 e. The third-order valence-corrected chi connectivity index (χ3v) is 2.54. The van der Waals surface area contributed by atoms with Crippen LogP contribution in [-0.2, 0) is 28.6 Å².